The van der Waals surface area contributed by atoms with Crippen molar-refractivity contribution in [3.63, 3.8) is 0 Å². The van der Waals surface area contributed by atoms with Crippen LogP contribution in [0.1, 0.15) is 30.3 Å². The minimum atomic E-state index is -0.487. The number of hydrogen-bond acceptors (Lipinski definition) is 5. The van der Waals surface area contributed by atoms with Gasteiger partial charge in [-0.2, -0.15) is 5.10 Å². The lowest BCUT2D eigenvalue weighted by Gasteiger charge is -2.13. The molecule has 1 aliphatic rings. The first-order chi connectivity index (χ1) is 13.7. The van der Waals surface area contributed by atoms with Crippen LogP contribution in [0.4, 0.5) is 0 Å². The molecule has 3 aromatic rings. The van der Waals surface area contributed by atoms with Crippen molar-refractivity contribution in [2.24, 2.45) is 0 Å². The molecule has 0 amide bonds. The molecule has 28 heavy (non-hydrogen) atoms. The zero-order valence-electron chi connectivity index (χ0n) is 15.9. The number of benzene rings is 2. The summed E-state index contributed by atoms with van der Waals surface area (Å²) in [6, 6.07) is 17.2. The molecule has 144 valence electrons. The molecule has 1 saturated carbocycles. The molecular formula is C22H22N2O4. The average molecular weight is 378 g/mol. The Hall–Kier alpha value is -3.28. The van der Waals surface area contributed by atoms with Gasteiger partial charge in [0.25, 0.3) is 0 Å². The van der Waals surface area contributed by atoms with Crippen LogP contribution in [0.25, 0.3) is 16.9 Å². The Morgan fingerprint density at radius 1 is 1.14 bits per heavy atom. The van der Waals surface area contributed by atoms with E-state index in [1.54, 1.807) is 10.7 Å². The molecule has 4 rings (SSSR count). The fourth-order valence-electron chi connectivity index (χ4n) is 2.99. The second kappa shape index (κ2) is 7.76. The number of rotatable bonds is 7. The van der Waals surface area contributed by atoms with Crippen molar-refractivity contribution >= 4 is 5.97 Å². The standard InChI is InChI=1S/C22H22N2O4/c1-3-27-21-10-5-4-9-19(21)24-20(14-18(23-24)22(25)26-2)15-7-6-8-17(13-15)28-16-11-12-16/h4-10,13-14,16H,3,11-12H2,1-2H3. The molecule has 1 aliphatic carbocycles. The van der Waals surface area contributed by atoms with Crippen LogP contribution in [0.3, 0.4) is 0 Å². The fraction of sp³-hybridized carbons (Fsp3) is 0.273. The van der Waals surface area contributed by atoms with Gasteiger partial charge in [-0.05, 0) is 50.1 Å². The van der Waals surface area contributed by atoms with Crippen LogP contribution in [-0.2, 0) is 4.74 Å². The van der Waals surface area contributed by atoms with E-state index in [0.29, 0.717) is 18.5 Å². The third-order valence-corrected chi connectivity index (χ3v) is 4.45. The highest BCUT2D eigenvalue weighted by Gasteiger charge is 2.24. The molecule has 0 radical (unpaired) electrons. The Morgan fingerprint density at radius 3 is 2.71 bits per heavy atom. The predicted molar refractivity (Wildman–Crippen MR) is 105 cm³/mol. The number of esters is 1. The fourth-order valence-corrected chi connectivity index (χ4v) is 2.99. The Labute approximate surface area is 163 Å². The van der Waals surface area contributed by atoms with Crippen molar-refractivity contribution in [2.45, 2.75) is 25.9 Å². The van der Waals surface area contributed by atoms with E-state index in [0.717, 1.165) is 35.5 Å². The van der Waals surface area contributed by atoms with E-state index >= 15 is 0 Å². The van der Waals surface area contributed by atoms with Crippen LogP contribution in [-0.4, -0.2) is 35.6 Å². The molecule has 0 bridgehead atoms. The summed E-state index contributed by atoms with van der Waals surface area (Å²) in [5, 5.41) is 4.49. The molecule has 1 aromatic heterocycles. The highest BCUT2D eigenvalue weighted by Crippen LogP contribution is 2.33. The van der Waals surface area contributed by atoms with E-state index in [2.05, 4.69) is 5.10 Å². The molecule has 0 saturated heterocycles. The van der Waals surface area contributed by atoms with Gasteiger partial charge >= 0.3 is 5.97 Å². The summed E-state index contributed by atoms with van der Waals surface area (Å²) in [4.78, 5) is 12.1. The molecule has 0 spiro atoms. The smallest absolute Gasteiger partial charge is 0.358 e. The normalized spacial score (nSPS) is 13.2. The lowest BCUT2D eigenvalue weighted by atomic mass is 10.1. The summed E-state index contributed by atoms with van der Waals surface area (Å²) >= 11 is 0. The molecule has 0 atom stereocenters. The van der Waals surface area contributed by atoms with Crippen molar-refractivity contribution in [1.82, 2.24) is 9.78 Å². The predicted octanol–water partition coefficient (Wildman–Crippen LogP) is 4.27. The van der Waals surface area contributed by atoms with E-state index in [1.807, 2.05) is 55.5 Å². The Balaban J connectivity index is 1.82. The van der Waals surface area contributed by atoms with Crippen molar-refractivity contribution in [3.8, 4) is 28.4 Å². The molecule has 2 aromatic carbocycles. The van der Waals surface area contributed by atoms with Gasteiger partial charge in [-0.1, -0.05) is 24.3 Å². The summed E-state index contributed by atoms with van der Waals surface area (Å²) in [5.74, 6) is 1.01. The zero-order chi connectivity index (χ0) is 19.5. The van der Waals surface area contributed by atoms with Crippen LogP contribution in [0.2, 0.25) is 0 Å². The first-order valence-electron chi connectivity index (χ1n) is 9.37. The lowest BCUT2D eigenvalue weighted by Crippen LogP contribution is -2.06. The largest absolute Gasteiger partial charge is 0.492 e. The topological polar surface area (TPSA) is 62.6 Å². The molecule has 0 unspecified atom stereocenters. The van der Waals surface area contributed by atoms with Gasteiger partial charge in [0.15, 0.2) is 5.69 Å². The maximum absolute atomic E-state index is 12.1. The van der Waals surface area contributed by atoms with Crippen LogP contribution < -0.4 is 9.47 Å². The van der Waals surface area contributed by atoms with Crippen LogP contribution in [0, 0.1) is 0 Å². The number of aromatic nitrogens is 2. The number of nitrogens with zero attached hydrogens (tertiary/aromatic N) is 2. The first-order valence-corrected chi connectivity index (χ1v) is 9.37. The summed E-state index contributed by atoms with van der Waals surface area (Å²) in [5.41, 5.74) is 2.64. The summed E-state index contributed by atoms with van der Waals surface area (Å²) < 4.78 is 18.3. The van der Waals surface area contributed by atoms with Crippen LogP contribution >= 0.6 is 0 Å². The van der Waals surface area contributed by atoms with Gasteiger partial charge in [-0.3, -0.25) is 0 Å². The van der Waals surface area contributed by atoms with E-state index in [-0.39, 0.29) is 5.69 Å². The number of ether oxygens (including phenoxy) is 3. The maximum atomic E-state index is 12.1. The molecule has 6 heteroatoms. The van der Waals surface area contributed by atoms with Gasteiger partial charge in [0.1, 0.15) is 17.2 Å². The first kappa shape index (κ1) is 18.1. The highest BCUT2D eigenvalue weighted by molar-refractivity contribution is 5.89. The monoisotopic (exact) mass is 378 g/mol. The quantitative estimate of drug-likeness (QED) is 0.575. The summed E-state index contributed by atoms with van der Waals surface area (Å²) in [6.45, 7) is 2.46. The molecule has 0 N–H and O–H groups in total. The number of methoxy groups -OCH3 is 1. The van der Waals surface area contributed by atoms with Crippen LogP contribution in [0.15, 0.2) is 54.6 Å². The second-order valence-electron chi connectivity index (χ2n) is 6.56. The molecular weight excluding hydrogens is 356 g/mol. The Morgan fingerprint density at radius 2 is 1.96 bits per heavy atom. The van der Waals surface area contributed by atoms with Gasteiger partial charge in [0.05, 0.1) is 25.5 Å². The number of hydrogen-bond donors (Lipinski definition) is 0. The number of para-hydroxylation sites is 2. The van der Waals surface area contributed by atoms with Crippen molar-refractivity contribution in [1.29, 1.82) is 0 Å². The minimum Gasteiger partial charge on any atom is -0.492 e. The second-order valence-corrected chi connectivity index (χ2v) is 6.56. The maximum Gasteiger partial charge on any atom is 0.358 e. The van der Waals surface area contributed by atoms with Crippen LogP contribution in [0.5, 0.6) is 11.5 Å². The Bertz CT molecular complexity index is 992. The molecule has 1 heterocycles. The highest BCUT2D eigenvalue weighted by atomic mass is 16.5. The summed E-state index contributed by atoms with van der Waals surface area (Å²) in [6.07, 6.45) is 2.50. The Kier molecular flexibility index (Phi) is 5.02. The summed E-state index contributed by atoms with van der Waals surface area (Å²) in [7, 11) is 1.35. The number of carbonyl (C=O) groups is 1. The van der Waals surface area contributed by atoms with E-state index in [1.165, 1.54) is 7.11 Å². The zero-order valence-corrected chi connectivity index (χ0v) is 15.9. The molecule has 0 aliphatic heterocycles. The third kappa shape index (κ3) is 3.71. The van der Waals surface area contributed by atoms with Gasteiger partial charge < -0.3 is 14.2 Å². The molecule has 1 fully saturated rings. The lowest BCUT2D eigenvalue weighted by molar-refractivity contribution is 0.0593. The van der Waals surface area contributed by atoms with E-state index < -0.39 is 5.97 Å². The third-order valence-electron chi connectivity index (χ3n) is 4.45. The molecule has 6 nitrogen and oxygen atoms in total. The van der Waals surface area contributed by atoms with Gasteiger partial charge in [0, 0.05) is 5.56 Å². The van der Waals surface area contributed by atoms with Crippen molar-refractivity contribution in [2.75, 3.05) is 13.7 Å². The van der Waals surface area contributed by atoms with Gasteiger partial charge in [-0.15, -0.1) is 0 Å². The van der Waals surface area contributed by atoms with E-state index in [9.17, 15) is 4.79 Å². The average Bonchev–Trinajstić information content (AvgIpc) is 3.42. The van der Waals surface area contributed by atoms with Crippen molar-refractivity contribution in [3.05, 3.63) is 60.3 Å². The van der Waals surface area contributed by atoms with Crippen molar-refractivity contribution < 1.29 is 19.0 Å². The van der Waals surface area contributed by atoms with Gasteiger partial charge in [-0.25, -0.2) is 9.48 Å². The number of carbonyl (C=O) groups excluding carboxylic acids is 1. The van der Waals surface area contributed by atoms with E-state index in [4.69, 9.17) is 14.2 Å². The minimum absolute atomic E-state index is 0.234. The van der Waals surface area contributed by atoms with Gasteiger partial charge in [0.2, 0.25) is 0 Å². The SMILES string of the molecule is CCOc1ccccc1-n1nc(C(=O)OC)cc1-c1cccc(OC2CC2)c1.